The predicted molar refractivity (Wildman–Crippen MR) is 116 cm³/mol. The van der Waals surface area contributed by atoms with Crippen molar-refractivity contribution in [1.82, 2.24) is 9.62 Å². The molecule has 0 saturated carbocycles. The Morgan fingerprint density at radius 2 is 1.65 bits per heavy atom. The van der Waals surface area contributed by atoms with Crippen LogP contribution in [0.1, 0.15) is 36.4 Å². The zero-order valence-corrected chi connectivity index (χ0v) is 18.1. The Hall–Kier alpha value is -2.78. The van der Waals surface area contributed by atoms with Gasteiger partial charge in [0.1, 0.15) is 5.82 Å². The minimum Gasteiger partial charge on any atom is -0.342 e. The van der Waals surface area contributed by atoms with Crippen LogP contribution in [0.15, 0.2) is 48.5 Å². The van der Waals surface area contributed by atoms with Crippen LogP contribution in [0.25, 0.3) is 0 Å². The van der Waals surface area contributed by atoms with Gasteiger partial charge in [0.2, 0.25) is 21.8 Å². The molecule has 0 radical (unpaired) electrons. The Labute approximate surface area is 181 Å². The van der Waals surface area contributed by atoms with Crippen molar-refractivity contribution in [3.63, 3.8) is 0 Å². The molecule has 31 heavy (non-hydrogen) atoms. The summed E-state index contributed by atoms with van der Waals surface area (Å²) >= 11 is 0. The zero-order chi connectivity index (χ0) is 22.4. The molecular formula is C22H26FN3O4S. The van der Waals surface area contributed by atoms with Crippen molar-refractivity contribution < 1.29 is 22.4 Å². The van der Waals surface area contributed by atoms with E-state index in [1.807, 2.05) is 4.90 Å². The molecule has 0 aliphatic carbocycles. The Morgan fingerprint density at radius 1 is 1.03 bits per heavy atom. The van der Waals surface area contributed by atoms with Crippen molar-refractivity contribution in [3.8, 4) is 0 Å². The van der Waals surface area contributed by atoms with E-state index in [2.05, 4.69) is 10.0 Å². The zero-order valence-electron chi connectivity index (χ0n) is 17.3. The first-order chi connectivity index (χ1) is 14.7. The minimum absolute atomic E-state index is 0.100. The van der Waals surface area contributed by atoms with Gasteiger partial charge in [0.15, 0.2) is 0 Å². The fourth-order valence-electron chi connectivity index (χ4n) is 3.54. The highest BCUT2D eigenvalue weighted by Gasteiger charge is 2.21. The Bertz CT molecular complexity index is 1020. The molecule has 0 spiro atoms. The molecule has 2 aromatic rings. The van der Waals surface area contributed by atoms with Gasteiger partial charge in [0.25, 0.3) is 0 Å². The summed E-state index contributed by atoms with van der Waals surface area (Å²) in [6, 6.07) is 11.5. The first-order valence-corrected chi connectivity index (χ1v) is 12.0. The number of likely N-dealkylation sites (tertiary alicyclic amines) is 1. The number of rotatable bonds is 8. The van der Waals surface area contributed by atoms with Crippen molar-refractivity contribution in [2.45, 2.75) is 31.7 Å². The summed E-state index contributed by atoms with van der Waals surface area (Å²) < 4.78 is 39.0. The standard InChI is InChI=1S/C22H26FN3O4S/c1-31(29,30)25-20(17-6-8-18(23)9-7-17)15-21(27)24-19-10-4-16(5-11-19)14-22(28)26-12-2-3-13-26/h4-11,20,25H,2-3,12-15H2,1H3,(H,24,27). The van der Waals surface area contributed by atoms with E-state index in [0.29, 0.717) is 17.7 Å². The maximum absolute atomic E-state index is 13.2. The third-order valence-electron chi connectivity index (χ3n) is 5.07. The number of carbonyl (C=O) groups is 2. The molecule has 0 bridgehead atoms. The number of halogens is 1. The minimum atomic E-state index is -3.58. The first kappa shape index (κ1) is 22.9. The SMILES string of the molecule is CS(=O)(=O)NC(CC(=O)Nc1ccc(CC(=O)N2CCCC2)cc1)c1ccc(F)cc1. The number of nitrogens with one attached hydrogen (secondary N) is 2. The van der Waals surface area contributed by atoms with Crippen molar-refractivity contribution in [3.05, 3.63) is 65.5 Å². The molecule has 1 aliphatic rings. The van der Waals surface area contributed by atoms with Gasteiger partial charge in [-0.25, -0.2) is 17.5 Å². The molecule has 3 rings (SSSR count). The van der Waals surface area contributed by atoms with Gasteiger partial charge in [-0.2, -0.15) is 0 Å². The Kier molecular flexibility index (Phi) is 7.40. The third kappa shape index (κ3) is 7.15. The summed E-state index contributed by atoms with van der Waals surface area (Å²) in [6.07, 6.45) is 3.25. The number of sulfonamides is 1. The van der Waals surface area contributed by atoms with Crippen LogP contribution in [0.3, 0.4) is 0 Å². The van der Waals surface area contributed by atoms with Crippen LogP contribution in [0, 0.1) is 5.82 Å². The lowest BCUT2D eigenvalue weighted by Crippen LogP contribution is -2.30. The number of hydrogen-bond donors (Lipinski definition) is 2. The number of amides is 2. The average Bonchev–Trinajstić information content (AvgIpc) is 3.23. The highest BCUT2D eigenvalue weighted by atomic mass is 32.2. The molecular weight excluding hydrogens is 421 g/mol. The predicted octanol–water partition coefficient (Wildman–Crippen LogP) is 2.61. The number of hydrogen-bond acceptors (Lipinski definition) is 4. The second kappa shape index (κ2) is 10.0. The van der Waals surface area contributed by atoms with E-state index in [1.54, 1.807) is 24.3 Å². The first-order valence-electron chi connectivity index (χ1n) is 10.1. The van der Waals surface area contributed by atoms with Gasteiger partial charge < -0.3 is 10.2 Å². The number of benzene rings is 2. The van der Waals surface area contributed by atoms with Gasteiger partial charge in [-0.3, -0.25) is 9.59 Å². The molecule has 2 amide bonds. The maximum Gasteiger partial charge on any atom is 0.226 e. The Morgan fingerprint density at radius 3 is 2.23 bits per heavy atom. The van der Waals surface area contributed by atoms with Gasteiger partial charge in [0.05, 0.1) is 18.7 Å². The molecule has 0 aromatic heterocycles. The summed E-state index contributed by atoms with van der Waals surface area (Å²) in [5.74, 6) is -0.746. The molecule has 2 N–H and O–H groups in total. The van der Waals surface area contributed by atoms with Gasteiger partial charge >= 0.3 is 0 Å². The Balaban J connectivity index is 1.60. The van der Waals surface area contributed by atoms with Crippen molar-refractivity contribution >= 4 is 27.5 Å². The van der Waals surface area contributed by atoms with Crippen LogP contribution in [0.2, 0.25) is 0 Å². The van der Waals surface area contributed by atoms with E-state index >= 15 is 0 Å². The summed E-state index contributed by atoms with van der Waals surface area (Å²) in [5, 5.41) is 2.73. The van der Waals surface area contributed by atoms with Crippen molar-refractivity contribution in [2.24, 2.45) is 0 Å². The van der Waals surface area contributed by atoms with E-state index in [-0.39, 0.29) is 12.3 Å². The molecule has 1 fully saturated rings. The maximum atomic E-state index is 13.2. The van der Waals surface area contributed by atoms with Gasteiger partial charge in [0, 0.05) is 25.2 Å². The monoisotopic (exact) mass is 447 g/mol. The van der Waals surface area contributed by atoms with Gasteiger partial charge in [-0.05, 0) is 48.2 Å². The van der Waals surface area contributed by atoms with Crippen LogP contribution in [-0.2, 0) is 26.0 Å². The van der Waals surface area contributed by atoms with Crippen molar-refractivity contribution in [2.75, 3.05) is 24.7 Å². The molecule has 1 atom stereocenters. The lowest BCUT2D eigenvalue weighted by molar-refractivity contribution is -0.129. The van der Waals surface area contributed by atoms with Gasteiger partial charge in [-0.1, -0.05) is 24.3 Å². The lowest BCUT2D eigenvalue weighted by Gasteiger charge is -2.18. The summed E-state index contributed by atoms with van der Waals surface area (Å²) in [5.41, 5.74) is 1.88. The van der Waals surface area contributed by atoms with Crippen LogP contribution in [-0.4, -0.2) is 44.5 Å². The van der Waals surface area contributed by atoms with E-state index < -0.39 is 27.8 Å². The highest BCUT2D eigenvalue weighted by Crippen LogP contribution is 2.20. The fourth-order valence-corrected chi connectivity index (χ4v) is 4.27. The summed E-state index contributed by atoms with van der Waals surface area (Å²) in [6.45, 7) is 1.62. The third-order valence-corrected chi connectivity index (χ3v) is 5.78. The molecule has 1 unspecified atom stereocenters. The average molecular weight is 448 g/mol. The van der Waals surface area contributed by atoms with Crippen molar-refractivity contribution in [1.29, 1.82) is 0 Å². The van der Waals surface area contributed by atoms with E-state index in [4.69, 9.17) is 0 Å². The summed E-state index contributed by atoms with van der Waals surface area (Å²) in [4.78, 5) is 26.6. The van der Waals surface area contributed by atoms with E-state index in [9.17, 15) is 22.4 Å². The smallest absolute Gasteiger partial charge is 0.226 e. The number of carbonyl (C=O) groups excluding carboxylic acids is 2. The largest absolute Gasteiger partial charge is 0.342 e. The molecule has 166 valence electrons. The van der Waals surface area contributed by atoms with E-state index in [0.717, 1.165) is 37.8 Å². The van der Waals surface area contributed by atoms with Crippen LogP contribution < -0.4 is 10.0 Å². The second-order valence-corrected chi connectivity index (χ2v) is 9.49. The van der Waals surface area contributed by atoms with Crippen LogP contribution in [0.4, 0.5) is 10.1 Å². The molecule has 2 aromatic carbocycles. The number of anilines is 1. The molecule has 9 heteroatoms. The molecule has 1 aliphatic heterocycles. The highest BCUT2D eigenvalue weighted by molar-refractivity contribution is 7.88. The van der Waals surface area contributed by atoms with E-state index in [1.165, 1.54) is 24.3 Å². The molecule has 7 nitrogen and oxygen atoms in total. The lowest BCUT2D eigenvalue weighted by atomic mass is 10.0. The van der Waals surface area contributed by atoms with Crippen LogP contribution in [0.5, 0.6) is 0 Å². The number of nitrogens with zero attached hydrogens (tertiary/aromatic N) is 1. The van der Waals surface area contributed by atoms with Gasteiger partial charge in [-0.15, -0.1) is 0 Å². The molecule has 1 heterocycles. The quantitative estimate of drug-likeness (QED) is 0.650. The molecule has 1 saturated heterocycles. The normalized spacial score (nSPS) is 15.0. The van der Waals surface area contributed by atoms with Crippen LogP contribution >= 0.6 is 0 Å². The second-order valence-electron chi connectivity index (χ2n) is 7.71. The summed E-state index contributed by atoms with van der Waals surface area (Å²) in [7, 11) is -3.58. The topological polar surface area (TPSA) is 95.6 Å². The fraction of sp³-hybridized carbons (Fsp3) is 0.364.